The van der Waals surface area contributed by atoms with Gasteiger partial charge in [0, 0.05) is 17.3 Å². The number of nitrogens with two attached hydrogens (primary N) is 1. The maximum atomic E-state index is 12.1. The van der Waals surface area contributed by atoms with E-state index < -0.39 is 13.4 Å². The summed E-state index contributed by atoms with van der Waals surface area (Å²) in [5.74, 6) is 0.109. The summed E-state index contributed by atoms with van der Waals surface area (Å²) in [6, 6.07) is 6.28. The maximum Gasteiger partial charge on any atom is 0.633 e. The van der Waals surface area contributed by atoms with Crippen LogP contribution in [0.2, 0.25) is 5.02 Å². The Morgan fingerprint density at radius 2 is 2.04 bits per heavy atom. The van der Waals surface area contributed by atoms with Crippen LogP contribution in [0.5, 0.6) is 0 Å². The number of benzene rings is 1. The van der Waals surface area contributed by atoms with Crippen molar-refractivity contribution in [2.75, 3.05) is 11.9 Å². The quantitative estimate of drug-likeness (QED) is 0.322. The zero-order chi connectivity index (χ0) is 18.9. The van der Waals surface area contributed by atoms with E-state index in [2.05, 4.69) is 25.5 Å². The molecule has 0 bridgehead atoms. The number of unbranched alkanes of at least 4 members (excludes halogenated alkanes) is 1. The third-order valence-electron chi connectivity index (χ3n) is 3.49. The van der Waals surface area contributed by atoms with Gasteiger partial charge in [-0.25, -0.2) is 4.68 Å². The van der Waals surface area contributed by atoms with Crippen LogP contribution in [0.25, 0.3) is 0 Å². The molecule has 1 aromatic heterocycles. The van der Waals surface area contributed by atoms with Crippen LogP contribution in [-0.4, -0.2) is 50.1 Å². The minimum absolute atomic E-state index is 0. The maximum absolute atomic E-state index is 12.1. The van der Waals surface area contributed by atoms with Crippen molar-refractivity contribution in [2.45, 2.75) is 31.8 Å². The molecule has 1 aromatic carbocycles. The standard InChI is InChI=1S/C14H20BClN6O4.ClH/c16-10-4-6-11(7-5-10)18-13(23)9-22-14(19-20-21-22)12(17)3-1-2-8-26-15(24)25;/h4-7,12,24-25H,1-3,8-9,17H2,(H,18,23);1H. The van der Waals surface area contributed by atoms with Crippen LogP contribution in [0.1, 0.15) is 31.1 Å². The average molecular weight is 419 g/mol. The second-order valence-electron chi connectivity index (χ2n) is 5.55. The number of tetrazole rings is 1. The van der Waals surface area contributed by atoms with Gasteiger partial charge >= 0.3 is 7.32 Å². The minimum atomic E-state index is -1.77. The zero-order valence-electron chi connectivity index (χ0n) is 14.4. The lowest BCUT2D eigenvalue weighted by Gasteiger charge is -2.12. The van der Waals surface area contributed by atoms with E-state index in [1.807, 2.05) is 0 Å². The van der Waals surface area contributed by atoms with Gasteiger partial charge in [-0.2, -0.15) is 0 Å². The van der Waals surface area contributed by atoms with Crippen LogP contribution < -0.4 is 11.1 Å². The first-order valence-electron chi connectivity index (χ1n) is 8.00. The molecule has 0 aliphatic carbocycles. The smallest absolute Gasteiger partial charge is 0.402 e. The van der Waals surface area contributed by atoms with E-state index in [-0.39, 0.29) is 31.5 Å². The Bertz CT molecular complexity index is 703. The van der Waals surface area contributed by atoms with Crippen molar-refractivity contribution in [3.63, 3.8) is 0 Å². The second-order valence-corrected chi connectivity index (χ2v) is 5.99. The molecule has 0 aliphatic rings. The van der Waals surface area contributed by atoms with Gasteiger partial charge in [-0.05, 0) is 54.0 Å². The summed E-state index contributed by atoms with van der Waals surface area (Å²) in [6.07, 6.45) is 1.84. The Hall–Kier alpha value is -1.76. The van der Waals surface area contributed by atoms with Crippen molar-refractivity contribution < 1.29 is 19.5 Å². The average Bonchev–Trinajstić information content (AvgIpc) is 3.04. The molecule has 2 rings (SSSR count). The molecule has 1 amide bonds. The van der Waals surface area contributed by atoms with Gasteiger partial charge in [0.1, 0.15) is 6.54 Å². The van der Waals surface area contributed by atoms with Crippen LogP contribution in [0.4, 0.5) is 5.69 Å². The second kappa shape index (κ2) is 11.9. The number of hydrogen-bond donors (Lipinski definition) is 4. The van der Waals surface area contributed by atoms with Gasteiger partial charge in [-0.3, -0.25) is 4.79 Å². The molecule has 1 atom stereocenters. The number of nitrogens with zero attached hydrogens (tertiary/aromatic N) is 4. The van der Waals surface area contributed by atoms with Crippen molar-refractivity contribution in [1.29, 1.82) is 0 Å². The zero-order valence-corrected chi connectivity index (χ0v) is 15.9. The lowest BCUT2D eigenvalue weighted by molar-refractivity contribution is -0.117. The number of carbonyl (C=O) groups is 1. The van der Waals surface area contributed by atoms with Crippen LogP contribution in [-0.2, 0) is 16.0 Å². The Kier molecular flexibility index (Phi) is 10.2. The van der Waals surface area contributed by atoms with Crippen LogP contribution in [0.15, 0.2) is 24.3 Å². The summed E-state index contributed by atoms with van der Waals surface area (Å²) in [5, 5.41) is 31.7. The van der Waals surface area contributed by atoms with Gasteiger partial charge in [0.2, 0.25) is 5.91 Å². The molecule has 27 heavy (non-hydrogen) atoms. The molecule has 1 unspecified atom stereocenters. The van der Waals surface area contributed by atoms with Crippen molar-refractivity contribution in [3.05, 3.63) is 35.1 Å². The number of aromatic nitrogens is 4. The molecule has 5 N–H and O–H groups in total. The Balaban J connectivity index is 0.00000364. The first-order chi connectivity index (χ1) is 12.5. The summed E-state index contributed by atoms with van der Waals surface area (Å²) >= 11 is 5.81. The van der Waals surface area contributed by atoms with Crippen molar-refractivity contribution in [3.8, 4) is 0 Å². The lowest BCUT2D eigenvalue weighted by atomic mass is 10.1. The third-order valence-corrected chi connectivity index (χ3v) is 3.74. The fourth-order valence-electron chi connectivity index (χ4n) is 2.24. The summed E-state index contributed by atoms with van der Waals surface area (Å²) in [6.45, 7) is 0.136. The van der Waals surface area contributed by atoms with Gasteiger partial charge in [0.15, 0.2) is 5.82 Å². The number of rotatable bonds is 10. The molecular weight excluding hydrogens is 398 g/mol. The molecule has 2 aromatic rings. The largest absolute Gasteiger partial charge is 0.633 e. The predicted octanol–water partition coefficient (Wildman–Crippen LogP) is 0.543. The van der Waals surface area contributed by atoms with E-state index in [4.69, 9.17) is 27.4 Å². The molecule has 148 valence electrons. The highest BCUT2D eigenvalue weighted by Gasteiger charge is 2.17. The van der Waals surface area contributed by atoms with Crippen LogP contribution in [0, 0.1) is 0 Å². The van der Waals surface area contributed by atoms with Gasteiger partial charge in [-0.15, -0.1) is 17.5 Å². The first kappa shape index (κ1) is 23.3. The monoisotopic (exact) mass is 418 g/mol. The molecule has 13 heteroatoms. The molecule has 0 saturated heterocycles. The Labute approximate surface area is 167 Å². The summed E-state index contributed by atoms with van der Waals surface area (Å²) in [4.78, 5) is 12.1. The molecule has 0 spiro atoms. The lowest BCUT2D eigenvalue weighted by Crippen LogP contribution is -2.24. The molecular formula is C14H21BCl2N6O4. The number of anilines is 1. The third kappa shape index (κ3) is 8.20. The molecule has 0 fully saturated rings. The van der Waals surface area contributed by atoms with Gasteiger partial charge in [-0.1, -0.05) is 11.6 Å². The van der Waals surface area contributed by atoms with Gasteiger partial charge in [0.25, 0.3) is 0 Å². The van der Waals surface area contributed by atoms with Crippen molar-refractivity contribution in [1.82, 2.24) is 20.2 Å². The Morgan fingerprint density at radius 3 is 2.70 bits per heavy atom. The van der Waals surface area contributed by atoms with Crippen molar-refractivity contribution >= 4 is 42.9 Å². The fourth-order valence-corrected chi connectivity index (χ4v) is 2.37. The predicted molar refractivity (Wildman–Crippen MR) is 102 cm³/mol. The number of carbonyl (C=O) groups excluding carboxylic acids is 1. The van der Waals surface area contributed by atoms with E-state index in [9.17, 15) is 4.79 Å². The summed E-state index contributed by atoms with van der Waals surface area (Å²) in [7, 11) is -1.77. The van der Waals surface area contributed by atoms with E-state index in [1.54, 1.807) is 24.3 Å². The molecule has 0 radical (unpaired) electrons. The number of nitrogens with one attached hydrogen (secondary N) is 1. The number of halogens is 2. The normalized spacial score (nSPS) is 11.6. The topological polar surface area (TPSA) is 148 Å². The fraction of sp³-hybridized carbons (Fsp3) is 0.429. The van der Waals surface area contributed by atoms with Crippen LogP contribution >= 0.6 is 24.0 Å². The van der Waals surface area contributed by atoms with Crippen molar-refractivity contribution in [2.24, 2.45) is 5.73 Å². The molecule has 10 nitrogen and oxygen atoms in total. The molecule has 1 heterocycles. The van der Waals surface area contributed by atoms with Crippen LogP contribution in [0.3, 0.4) is 0 Å². The minimum Gasteiger partial charge on any atom is -0.402 e. The number of hydrogen-bond acceptors (Lipinski definition) is 8. The molecule has 0 saturated carbocycles. The highest BCUT2D eigenvalue weighted by Crippen LogP contribution is 2.15. The van der Waals surface area contributed by atoms with Gasteiger partial charge < -0.3 is 25.8 Å². The van der Waals surface area contributed by atoms with E-state index in [0.29, 0.717) is 35.8 Å². The highest BCUT2D eigenvalue weighted by molar-refractivity contribution is 6.32. The first-order valence-corrected chi connectivity index (χ1v) is 8.38. The number of amides is 1. The van der Waals surface area contributed by atoms with E-state index >= 15 is 0 Å². The SMILES string of the molecule is Cl.NC(CCCCOB(O)O)c1nnnn1CC(=O)Nc1ccc(Cl)cc1. The summed E-state index contributed by atoms with van der Waals surface area (Å²) < 4.78 is 5.97. The molecule has 0 aliphatic heterocycles. The summed E-state index contributed by atoms with van der Waals surface area (Å²) in [5.41, 5.74) is 6.69. The van der Waals surface area contributed by atoms with E-state index in [0.717, 1.165) is 0 Å². The highest BCUT2D eigenvalue weighted by atomic mass is 35.5. The van der Waals surface area contributed by atoms with E-state index in [1.165, 1.54) is 4.68 Å². The van der Waals surface area contributed by atoms with Gasteiger partial charge in [0.05, 0.1) is 6.04 Å². The Morgan fingerprint density at radius 1 is 1.33 bits per heavy atom.